The number of amides is 3. The zero-order chi connectivity index (χ0) is 22.1. The molecule has 0 radical (unpaired) electrons. The molecule has 3 amide bonds. The summed E-state index contributed by atoms with van der Waals surface area (Å²) < 4.78 is 5.20. The lowest BCUT2D eigenvalue weighted by Gasteiger charge is -2.15. The van der Waals surface area contributed by atoms with Crippen LogP contribution in [-0.4, -0.2) is 35.6 Å². The van der Waals surface area contributed by atoms with Crippen LogP contribution in [0.1, 0.15) is 38.0 Å². The van der Waals surface area contributed by atoms with Gasteiger partial charge in [0.1, 0.15) is 10.6 Å². The second-order valence-corrected chi connectivity index (χ2v) is 7.41. The Labute approximate surface area is 180 Å². The summed E-state index contributed by atoms with van der Waals surface area (Å²) in [5, 5.41) is 12.9. The van der Waals surface area contributed by atoms with Gasteiger partial charge in [-0.05, 0) is 36.8 Å². The topological polar surface area (TPSA) is 113 Å². The van der Waals surface area contributed by atoms with Crippen molar-refractivity contribution < 1.29 is 29.0 Å². The van der Waals surface area contributed by atoms with Gasteiger partial charge in [0.15, 0.2) is 0 Å². The summed E-state index contributed by atoms with van der Waals surface area (Å²) in [6.07, 6.45) is -1.19. The van der Waals surface area contributed by atoms with Crippen LogP contribution in [0.3, 0.4) is 0 Å². The highest BCUT2D eigenvalue weighted by molar-refractivity contribution is 7.15. The smallest absolute Gasteiger partial charge is 0.409 e. The van der Waals surface area contributed by atoms with Crippen molar-refractivity contribution in [1.29, 1.82) is 0 Å². The maximum Gasteiger partial charge on any atom is 0.409 e. The fourth-order valence-corrected chi connectivity index (χ4v) is 4.42. The van der Waals surface area contributed by atoms with Gasteiger partial charge in [0.2, 0.25) is 0 Å². The molecule has 1 aliphatic heterocycles. The van der Waals surface area contributed by atoms with Crippen LogP contribution >= 0.6 is 11.3 Å². The number of carbonyl (C=O) groups excluding carboxylic acids is 3. The molecule has 0 unspecified atom stereocenters. The van der Waals surface area contributed by atoms with E-state index in [1.54, 1.807) is 60.8 Å². The quantitative estimate of drug-likeness (QED) is 0.450. The molecule has 0 spiro atoms. The Bertz CT molecular complexity index is 1180. The third-order valence-electron chi connectivity index (χ3n) is 4.70. The van der Waals surface area contributed by atoms with Crippen LogP contribution in [-0.2, 0) is 4.74 Å². The van der Waals surface area contributed by atoms with Crippen molar-refractivity contribution in [2.75, 3.05) is 16.8 Å². The van der Waals surface area contributed by atoms with E-state index in [2.05, 4.69) is 5.32 Å². The number of thiophene rings is 1. The second kappa shape index (κ2) is 8.04. The van der Waals surface area contributed by atoms with Crippen molar-refractivity contribution in [1.82, 2.24) is 0 Å². The van der Waals surface area contributed by atoms with Gasteiger partial charge in [-0.1, -0.05) is 24.3 Å². The van der Waals surface area contributed by atoms with Gasteiger partial charge in [-0.3, -0.25) is 14.9 Å². The highest BCUT2D eigenvalue weighted by Crippen LogP contribution is 2.41. The highest BCUT2D eigenvalue weighted by Gasteiger charge is 2.40. The number of nitrogens with one attached hydrogen (secondary N) is 1. The number of imide groups is 1. The van der Waals surface area contributed by atoms with Gasteiger partial charge in [-0.2, -0.15) is 0 Å². The fourth-order valence-electron chi connectivity index (χ4n) is 3.36. The summed E-state index contributed by atoms with van der Waals surface area (Å²) >= 11 is 1.09. The molecule has 156 valence electrons. The minimum Gasteiger partial charge on any atom is -0.465 e. The van der Waals surface area contributed by atoms with E-state index in [-0.39, 0.29) is 28.3 Å². The van der Waals surface area contributed by atoms with E-state index in [0.29, 0.717) is 16.8 Å². The molecule has 1 aromatic heterocycles. The van der Waals surface area contributed by atoms with E-state index in [4.69, 9.17) is 9.84 Å². The number of carbonyl (C=O) groups is 4. The molecule has 2 heterocycles. The Morgan fingerprint density at radius 3 is 2.16 bits per heavy atom. The number of hydrogen-bond acceptors (Lipinski definition) is 6. The van der Waals surface area contributed by atoms with E-state index in [9.17, 15) is 19.2 Å². The molecule has 0 saturated heterocycles. The van der Waals surface area contributed by atoms with Crippen molar-refractivity contribution in [2.24, 2.45) is 0 Å². The lowest BCUT2D eigenvalue weighted by Crippen LogP contribution is -2.30. The van der Waals surface area contributed by atoms with Crippen molar-refractivity contribution in [2.45, 2.75) is 6.92 Å². The van der Waals surface area contributed by atoms with Crippen molar-refractivity contribution in [3.63, 3.8) is 0 Å². The second-order valence-electron chi connectivity index (χ2n) is 6.55. The van der Waals surface area contributed by atoms with Gasteiger partial charge < -0.3 is 9.84 Å². The average molecular weight is 436 g/mol. The molecule has 31 heavy (non-hydrogen) atoms. The standard InChI is InChI=1S/C22H16N2O6S/c1-2-30-21(27)17-16(12-7-9-13(10-8-12)23-22(28)29)11-31-20(17)24-18(25)14-5-3-4-6-15(14)19(24)26/h3-11,23H,2H2,1H3,(H,28,29). The third kappa shape index (κ3) is 3.55. The van der Waals surface area contributed by atoms with E-state index >= 15 is 0 Å². The average Bonchev–Trinajstić information content (AvgIpc) is 3.28. The predicted molar refractivity (Wildman–Crippen MR) is 115 cm³/mol. The van der Waals surface area contributed by atoms with Crippen LogP contribution in [0, 0.1) is 0 Å². The molecule has 0 atom stereocenters. The Kier molecular flexibility index (Phi) is 5.26. The number of anilines is 2. The monoisotopic (exact) mass is 436 g/mol. The van der Waals surface area contributed by atoms with Crippen molar-refractivity contribution >= 4 is 45.9 Å². The molecule has 2 aromatic carbocycles. The minimum atomic E-state index is -1.19. The number of nitrogens with zero attached hydrogens (tertiary/aromatic N) is 1. The zero-order valence-corrected chi connectivity index (χ0v) is 17.1. The Hall–Kier alpha value is -3.98. The number of benzene rings is 2. The van der Waals surface area contributed by atoms with Crippen molar-refractivity contribution in [3.05, 3.63) is 70.6 Å². The lowest BCUT2D eigenvalue weighted by molar-refractivity contribution is 0.0529. The molecule has 8 nitrogen and oxygen atoms in total. The molecule has 0 fully saturated rings. The summed E-state index contributed by atoms with van der Waals surface area (Å²) in [7, 11) is 0. The first-order valence-electron chi connectivity index (χ1n) is 9.29. The number of rotatable bonds is 5. The first-order valence-corrected chi connectivity index (χ1v) is 10.2. The third-order valence-corrected chi connectivity index (χ3v) is 5.66. The SMILES string of the molecule is CCOC(=O)c1c(-c2ccc(NC(=O)O)cc2)csc1N1C(=O)c2ccccc2C1=O. The molecule has 0 bridgehead atoms. The van der Waals surface area contributed by atoms with Gasteiger partial charge in [-0.15, -0.1) is 11.3 Å². The molecule has 3 aromatic rings. The number of carboxylic acid groups (broad SMARTS) is 1. The molecular weight excluding hydrogens is 420 g/mol. The Morgan fingerprint density at radius 2 is 1.61 bits per heavy atom. The summed E-state index contributed by atoms with van der Waals surface area (Å²) in [5.41, 5.74) is 2.13. The van der Waals surface area contributed by atoms with Gasteiger partial charge >= 0.3 is 12.1 Å². The lowest BCUT2D eigenvalue weighted by atomic mass is 10.0. The first-order chi connectivity index (χ1) is 14.9. The molecule has 1 aliphatic rings. The number of esters is 1. The Morgan fingerprint density at radius 1 is 1.00 bits per heavy atom. The minimum absolute atomic E-state index is 0.111. The zero-order valence-electron chi connectivity index (χ0n) is 16.2. The predicted octanol–water partition coefficient (Wildman–Crippen LogP) is 4.48. The normalized spacial score (nSPS) is 12.6. The number of fused-ring (bicyclic) bond motifs is 1. The largest absolute Gasteiger partial charge is 0.465 e. The van der Waals surface area contributed by atoms with E-state index < -0.39 is 23.9 Å². The van der Waals surface area contributed by atoms with Crippen LogP contribution in [0.25, 0.3) is 11.1 Å². The van der Waals surface area contributed by atoms with Crippen LogP contribution in [0.5, 0.6) is 0 Å². The summed E-state index contributed by atoms with van der Waals surface area (Å²) in [4.78, 5) is 50.5. The summed E-state index contributed by atoms with van der Waals surface area (Å²) in [6.45, 7) is 1.79. The number of ether oxygens (including phenoxy) is 1. The molecular formula is C22H16N2O6S. The summed E-state index contributed by atoms with van der Waals surface area (Å²) in [5.74, 6) is -1.65. The molecule has 9 heteroatoms. The van der Waals surface area contributed by atoms with Gasteiger partial charge in [0.25, 0.3) is 11.8 Å². The van der Waals surface area contributed by atoms with Crippen LogP contribution in [0.2, 0.25) is 0 Å². The van der Waals surface area contributed by atoms with Crippen molar-refractivity contribution in [3.8, 4) is 11.1 Å². The van der Waals surface area contributed by atoms with E-state index in [1.165, 1.54) is 0 Å². The van der Waals surface area contributed by atoms with E-state index in [1.807, 2.05) is 0 Å². The molecule has 4 rings (SSSR count). The van der Waals surface area contributed by atoms with Crippen LogP contribution < -0.4 is 10.2 Å². The van der Waals surface area contributed by atoms with E-state index in [0.717, 1.165) is 16.2 Å². The molecule has 0 aliphatic carbocycles. The van der Waals surface area contributed by atoms with Gasteiger partial charge in [0, 0.05) is 16.6 Å². The first kappa shape index (κ1) is 20.3. The van der Waals surface area contributed by atoms with Crippen LogP contribution in [0.4, 0.5) is 15.5 Å². The van der Waals surface area contributed by atoms with Gasteiger partial charge in [0.05, 0.1) is 17.7 Å². The molecule has 2 N–H and O–H groups in total. The maximum atomic E-state index is 12.9. The van der Waals surface area contributed by atoms with Gasteiger partial charge in [-0.25, -0.2) is 14.5 Å². The highest BCUT2D eigenvalue weighted by atomic mass is 32.1. The fraction of sp³-hybridized carbons (Fsp3) is 0.0909. The van der Waals surface area contributed by atoms with Crippen LogP contribution in [0.15, 0.2) is 53.9 Å². The summed E-state index contributed by atoms with van der Waals surface area (Å²) in [6, 6.07) is 12.9. The Balaban J connectivity index is 1.80. The number of hydrogen-bond donors (Lipinski definition) is 2. The maximum absolute atomic E-state index is 12.9. The molecule has 0 saturated carbocycles.